The van der Waals surface area contributed by atoms with E-state index >= 15 is 0 Å². The van der Waals surface area contributed by atoms with Gasteiger partial charge >= 0.3 is 12.0 Å². The molecule has 0 saturated heterocycles. The Morgan fingerprint density at radius 1 is 0.690 bits per heavy atom. The van der Waals surface area contributed by atoms with Crippen LogP contribution < -0.4 is 31.7 Å². The van der Waals surface area contributed by atoms with Gasteiger partial charge in [0.1, 0.15) is 18.5 Å². The number of nitrogens with zero attached hydrogens (tertiary/aromatic N) is 3. The number of aromatic nitrogens is 2. The van der Waals surface area contributed by atoms with E-state index in [4.69, 9.17) is 34.2 Å². The van der Waals surface area contributed by atoms with Crippen LogP contribution in [0.5, 0.6) is 6.01 Å². The SMILES string of the molecule is CCOCCOCCNC(=O)CC(C(=O)NCCOCCOCCOCCNC(=O)NCc1ccc(COc2nccc(N)n2)cc1)N1C(=O)c2ccccc2C1=O. The van der Waals surface area contributed by atoms with E-state index in [1.165, 1.54) is 18.3 Å². The number of hydrogen-bond acceptors (Lipinski definition) is 14. The summed E-state index contributed by atoms with van der Waals surface area (Å²) in [6.45, 7) is 6.23. The number of ether oxygens (including phenoxy) is 6. The number of nitrogen functional groups attached to an aromatic ring is 1. The first-order chi connectivity index (χ1) is 28.3. The van der Waals surface area contributed by atoms with Crippen LogP contribution >= 0.6 is 0 Å². The molecule has 1 aliphatic heterocycles. The zero-order chi connectivity index (χ0) is 41.4. The highest BCUT2D eigenvalue weighted by atomic mass is 16.5. The molecule has 6 amide bonds. The zero-order valence-electron chi connectivity index (χ0n) is 32.6. The summed E-state index contributed by atoms with van der Waals surface area (Å²) in [7, 11) is 0. The number of imide groups is 1. The fraction of sp³-hybridized carbons (Fsp3) is 0.462. The van der Waals surface area contributed by atoms with Crippen molar-refractivity contribution >= 4 is 35.5 Å². The summed E-state index contributed by atoms with van der Waals surface area (Å²) in [5.41, 5.74) is 7.81. The van der Waals surface area contributed by atoms with Crippen LogP contribution in [0.25, 0.3) is 0 Å². The normalized spacial score (nSPS) is 12.5. The van der Waals surface area contributed by atoms with E-state index in [0.29, 0.717) is 58.5 Å². The molecule has 58 heavy (non-hydrogen) atoms. The Morgan fingerprint density at radius 3 is 1.84 bits per heavy atom. The third-order valence-electron chi connectivity index (χ3n) is 8.28. The number of rotatable bonds is 28. The fourth-order valence-corrected chi connectivity index (χ4v) is 5.38. The standard InChI is InChI=1S/C39H52N8O11/c1-2-53-19-20-54-16-13-41-34(48)25-32(47-36(50)30-5-3-4-6-31(30)37(47)51)35(49)42-14-17-55-21-23-57-24-22-56-18-15-43-38(52)45-26-28-7-9-29(10-8-28)27-58-39-44-12-11-33(40)46-39/h3-12,32H,2,13-27H2,1H3,(H,41,48)(H,42,49)(H2,40,44,46)(H2,43,45,52). The number of benzene rings is 2. The van der Waals surface area contributed by atoms with Crippen molar-refractivity contribution in [3.05, 3.63) is 83.0 Å². The summed E-state index contributed by atoms with van der Waals surface area (Å²) in [6.07, 6.45) is 1.10. The Hall–Kier alpha value is -5.73. The Morgan fingerprint density at radius 2 is 1.24 bits per heavy atom. The second-order valence-corrected chi connectivity index (χ2v) is 12.5. The summed E-state index contributed by atoms with van der Waals surface area (Å²) in [5, 5.41) is 10.8. The van der Waals surface area contributed by atoms with Crippen LogP contribution in [-0.2, 0) is 46.4 Å². The number of carbonyl (C=O) groups is 5. The molecule has 0 spiro atoms. The van der Waals surface area contributed by atoms with E-state index in [-0.39, 0.29) is 69.3 Å². The molecule has 1 atom stereocenters. The van der Waals surface area contributed by atoms with Crippen LogP contribution in [-0.4, -0.2) is 136 Å². The average molecular weight is 809 g/mol. The number of amides is 6. The van der Waals surface area contributed by atoms with Gasteiger partial charge in [-0.2, -0.15) is 4.98 Å². The molecule has 314 valence electrons. The van der Waals surface area contributed by atoms with Gasteiger partial charge in [-0.05, 0) is 36.2 Å². The van der Waals surface area contributed by atoms with Crippen molar-refractivity contribution in [2.24, 2.45) is 0 Å². The average Bonchev–Trinajstić information content (AvgIpc) is 3.48. The first-order valence-electron chi connectivity index (χ1n) is 19.0. The van der Waals surface area contributed by atoms with Crippen molar-refractivity contribution in [2.45, 2.75) is 32.5 Å². The quantitative estimate of drug-likeness (QED) is 0.0504. The zero-order valence-corrected chi connectivity index (χ0v) is 32.6. The predicted octanol–water partition coefficient (Wildman–Crippen LogP) is 0.827. The number of nitrogens with two attached hydrogens (primary N) is 1. The van der Waals surface area contributed by atoms with E-state index < -0.39 is 36.1 Å². The van der Waals surface area contributed by atoms with Crippen molar-refractivity contribution in [3.8, 4) is 6.01 Å². The van der Waals surface area contributed by atoms with Gasteiger partial charge in [-0.1, -0.05) is 36.4 Å². The summed E-state index contributed by atoms with van der Waals surface area (Å²) < 4.78 is 32.6. The molecule has 0 radical (unpaired) electrons. The van der Waals surface area contributed by atoms with E-state index in [2.05, 4.69) is 31.2 Å². The molecule has 2 heterocycles. The molecule has 1 aromatic heterocycles. The lowest BCUT2D eigenvalue weighted by Crippen LogP contribution is -2.52. The molecule has 1 aliphatic rings. The van der Waals surface area contributed by atoms with Gasteiger partial charge in [0.25, 0.3) is 11.8 Å². The first kappa shape index (κ1) is 45.0. The van der Waals surface area contributed by atoms with Crippen LogP contribution in [0, 0.1) is 0 Å². The highest BCUT2D eigenvalue weighted by molar-refractivity contribution is 6.23. The lowest BCUT2D eigenvalue weighted by atomic mass is 10.1. The molecule has 0 saturated carbocycles. The van der Waals surface area contributed by atoms with E-state index in [9.17, 15) is 24.0 Å². The second-order valence-electron chi connectivity index (χ2n) is 12.5. The minimum absolute atomic E-state index is 0.0706. The van der Waals surface area contributed by atoms with E-state index in [1.807, 2.05) is 31.2 Å². The molecular formula is C39H52N8O11. The Bertz CT molecular complexity index is 1730. The Kier molecular flexibility index (Phi) is 19.8. The van der Waals surface area contributed by atoms with Crippen LogP contribution in [0.3, 0.4) is 0 Å². The monoisotopic (exact) mass is 808 g/mol. The highest BCUT2D eigenvalue weighted by Gasteiger charge is 2.43. The van der Waals surface area contributed by atoms with Crippen LogP contribution in [0.1, 0.15) is 45.2 Å². The number of urea groups is 1. The van der Waals surface area contributed by atoms with Crippen LogP contribution in [0.15, 0.2) is 60.8 Å². The molecule has 4 rings (SSSR count). The van der Waals surface area contributed by atoms with Gasteiger partial charge in [0.05, 0.1) is 77.0 Å². The van der Waals surface area contributed by atoms with Gasteiger partial charge in [0, 0.05) is 39.0 Å². The van der Waals surface area contributed by atoms with Gasteiger partial charge in [0.15, 0.2) is 0 Å². The third kappa shape index (κ3) is 15.7. The van der Waals surface area contributed by atoms with E-state index in [1.54, 1.807) is 18.2 Å². The van der Waals surface area contributed by atoms with Gasteiger partial charge in [-0.15, -0.1) is 0 Å². The molecule has 0 bridgehead atoms. The lowest BCUT2D eigenvalue weighted by molar-refractivity contribution is -0.130. The molecule has 0 fully saturated rings. The lowest BCUT2D eigenvalue weighted by Gasteiger charge is -2.25. The number of anilines is 1. The number of carbonyl (C=O) groups excluding carboxylic acids is 5. The maximum absolute atomic E-state index is 13.3. The van der Waals surface area contributed by atoms with Gasteiger partial charge in [0.2, 0.25) is 11.8 Å². The highest BCUT2D eigenvalue weighted by Crippen LogP contribution is 2.25. The minimum atomic E-state index is -1.37. The van der Waals surface area contributed by atoms with E-state index in [0.717, 1.165) is 16.0 Å². The predicted molar refractivity (Wildman–Crippen MR) is 209 cm³/mol. The molecule has 1 unspecified atom stereocenters. The van der Waals surface area contributed by atoms with Crippen molar-refractivity contribution in [1.82, 2.24) is 36.1 Å². The van der Waals surface area contributed by atoms with Crippen LogP contribution in [0.2, 0.25) is 0 Å². The maximum atomic E-state index is 13.3. The number of hydrogen-bond donors (Lipinski definition) is 5. The van der Waals surface area contributed by atoms with Crippen LogP contribution in [0.4, 0.5) is 10.6 Å². The van der Waals surface area contributed by atoms with Gasteiger partial charge < -0.3 is 55.4 Å². The van der Waals surface area contributed by atoms with Crippen molar-refractivity contribution in [3.63, 3.8) is 0 Å². The maximum Gasteiger partial charge on any atom is 0.318 e. The summed E-state index contributed by atoms with van der Waals surface area (Å²) in [4.78, 5) is 73.3. The second kappa shape index (κ2) is 25.5. The summed E-state index contributed by atoms with van der Waals surface area (Å²) >= 11 is 0. The minimum Gasteiger partial charge on any atom is -0.459 e. The van der Waals surface area contributed by atoms with Crippen molar-refractivity contribution in [1.29, 1.82) is 0 Å². The molecule has 0 aliphatic carbocycles. The summed E-state index contributed by atoms with van der Waals surface area (Å²) in [6, 6.07) is 13.9. The molecule has 19 nitrogen and oxygen atoms in total. The first-order valence-corrected chi connectivity index (χ1v) is 19.0. The van der Waals surface area contributed by atoms with Crippen molar-refractivity contribution < 1.29 is 52.4 Å². The molecule has 6 N–H and O–H groups in total. The number of fused-ring (bicyclic) bond motifs is 1. The molecule has 3 aromatic rings. The Labute approximate surface area is 336 Å². The Balaban J connectivity index is 1.02. The van der Waals surface area contributed by atoms with Gasteiger partial charge in [-0.3, -0.25) is 24.1 Å². The number of nitrogens with one attached hydrogen (secondary N) is 4. The molecule has 19 heteroatoms. The fourth-order valence-electron chi connectivity index (χ4n) is 5.38. The molecular weight excluding hydrogens is 756 g/mol. The largest absolute Gasteiger partial charge is 0.459 e. The van der Waals surface area contributed by atoms with Gasteiger partial charge in [-0.25, -0.2) is 9.78 Å². The van der Waals surface area contributed by atoms with Crippen molar-refractivity contribution in [2.75, 3.05) is 91.4 Å². The molecule has 2 aromatic carbocycles. The summed E-state index contributed by atoms with van der Waals surface area (Å²) in [5.74, 6) is -2.14. The topological polar surface area (TPSA) is 244 Å². The third-order valence-corrected chi connectivity index (χ3v) is 8.28. The smallest absolute Gasteiger partial charge is 0.318 e.